The number of rotatable bonds is 2. The molecule has 0 saturated heterocycles. The third-order valence-electron chi connectivity index (χ3n) is 3.76. The molecule has 0 spiro atoms. The average molecular weight is 312 g/mol. The van der Waals surface area contributed by atoms with E-state index in [1.807, 2.05) is 0 Å². The number of aryl methyl sites for hydroxylation is 2. The Labute approximate surface area is 123 Å². The SMILES string of the molecule is CCn1cc(C(F)(F)F)nc1-c1cc2c(cc1F)C(=O)CC2. The maximum absolute atomic E-state index is 14.2. The molecule has 1 aliphatic rings. The molecule has 0 saturated carbocycles. The van der Waals surface area contributed by atoms with Gasteiger partial charge in [-0.1, -0.05) is 0 Å². The second-order valence-corrected chi connectivity index (χ2v) is 5.15. The molecule has 22 heavy (non-hydrogen) atoms. The lowest BCUT2D eigenvalue weighted by Gasteiger charge is -2.08. The monoisotopic (exact) mass is 312 g/mol. The summed E-state index contributed by atoms with van der Waals surface area (Å²) < 4.78 is 53.9. The molecule has 1 aromatic carbocycles. The number of hydrogen-bond donors (Lipinski definition) is 0. The fourth-order valence-electron chi connectivity index (χ4n) is 2.65. The number of fused-ring (bicyclic) bond motifs is 1. The molecule has 1 heterocycles. The van der Waals surface area contributed by atoms with Gasteiger partial charge in [0.1, 0.15) is 11.6 Å². The van der Waals surface area contributed by atoms with Crippen molar-refractivity contribution in [2.45, 2.75) is 32.5 Å². The standard InChI is InChI=1S/C15H12F4N2O/c1-2-21-7-13(15(17,18)19)20-14(21)10-5-8-3-4-12(22)9(8)6-11(10)16/h5-7H,2-4H2,1H3. The molecule has 3 rings (SSSR count). The van der Waals surface area contributed by atoms with Crippen molar-refractivity contribution in [2.24, 2.45) is 0 Å². The molecule has 0 radical (unpaired) electrons. The largest absolute Gasteiger partial charge is 0.434 e. The van der Waals surface area contributed by atoms with Crippen LogP contribution >= 0.6 is 0 Å². The van der Waals surface area contributed by atoms with E-state index in [0.717, 1.165) is 12.3 Å². The van der Waals surface area contributed by atoms with Gasteiger partial charge in [0.2, 0.25) is 0 Å². The van der Waals surface area contributed by atoms with Gasteiger partial charge in [0, 0.05) is 24.7 Å². The number of carbonyl (C=O) groups is 1. The summed E-state index contributed by atoms with van der Waals surface area (Å²) in [5, 5.41) is 0. The minimum atomic E-state index is -4.58. The Hall–Kier alpha value is -2.18. The van der Waals surface area contributed by atoms with Crippen molar-refractivity contribution in [3.8, 4) is 11.4 Å². The first-order valence-electron chi connectivity index (χ1n) is 6.81. The minimum Gasteiger partial charge on any atom is -0.331 e. The molecule has 0 bridgehead atoms. The van der Waals surface area contributed by atoms with E-state index in [2.05, 4.69) is 4.98 Å². The minimum absolute atomic E-state index is 0.00852. The lowest BCUT2D eigenvalue weighted by Crippen LogP contribution is -2.05. The van der Waals surface area contributed by atoms with Gasteiger partial charge >= 0.3 is 6.18 Å². The molecule has 0 aliphatic heterocycles. The second kappa shape index (κ2) is 4.93. The number of nitrogens with zero attached hydrogens (tertiary/aromatic N) is 2. The number of ketones is 1. The molecule has 0 atom stereocenters. The maximum atomic E-state index is 14.2. The van der Waals surface area contributed by atoms with Gasteiger partial charge in [-0.25, -0.2) is 9.37 Å². The fraction of sp³-hybridized carbons (Fsp3) is 0.333. The van der Waals surface area contributed by atoms with E-state index in [1.165, 1.54) is 10.6 Å². The van der Waals surface area contributed by atoms with Crippen molar-refractivity contribution in [1.29, 1.82) is 0 Å². The summed E-state index contributed by atoms with van der Waals surface area (Å²) in [6.07, 6.45) is -2.94. The van der Waals surface area contributed by atoms with Gasteiger partial charge in [-0.05, 0) is 31.0 Å². The highest BCUT2D eigenvalue weighted by Crippen LogP contribution is 2.34. The molecule has 1 aromatic heterocycles. The summed E-state index contributed by atoms with van der Waals surface area (Å²) >= 11 is 0. The highest BCUT2D eigenvalue weighted by atomic mass is 19.4. The predicted molar refractivity (Wildman–Crippen MR) is 70.9 cm³/mol. The summed E-state index contributed by atoms with van der Waals surface area (Å²) in [7, 11) is 0. The highest BCUT2D eigenvalue weighted by molar-refractivity contribution is 6.00. The molecule has 2 aromatic rings. The molecule has 0 amide bonds. The van der Waals surface area contributed by atoms with Crippen molar-refractivity contribution >= 4 is 5.78 Å². The average Bonchev–Trinajstić information content (AvgIpc) is 3.02. The van der Waals surface area contributed by atoms with Crippen molar-refractivity contribution in [3.05, 3.63) is 41.0 Å². The van der Waals surface area contributed by atoms with Gasteiger partial charge in [-0.3, -0.25) is 4.79 Å². The third-order valence-corrected chi connectivity index (χ3v) is 3.76. The van der Waals surface area contributed by atoms with Crippen LogP contribution in [0.5, 0.6) is 0 Å². The van der Waals surface area contributed by atoms with E-state index < -0.39 is 17.7 Å². The number of aromatic nitrogens is 2. The first kappa shape index (κ1) is 14.7. The van der Waals surface area contributed by atoms with Gasteiger partial charge in [-0.2, -0.15) is 13.2 Å². The summed E-state index contributed by atoms with van der Waals surface area (Å²) in [5.74, 6) is -0.951. The van der Waals surface area contributed by atoms with Crippen molar-refractivity contribution < 1.29 is 22.4 Å². The number of alkyl halides is 3. The molecule has 0 N–H and O–H groups in total. The van der Waals surface area contributed by atoms with E-state index in [-0.39, 0.29) is 23.7 Å². The molecule has 0 fully saturated rings. The predicted octanol–water partition coefficient (Wildman–Crippen LogP) is 3.86. The fourth-order valence-corrected chi connectivity index (χ4v) is 2.65. The molecule has 1 aliphatic carbocycles. The quantitative estimate of drug-likeness (QED) is 0.789. The van der Waals surface area contributed by atoms with Crippen LogP contribution in [0.25, 0.3) is 11.4 Å². The molecule has 7 heteroatoms. The molecular weight excluding hydrogens is 300 g/mol. The van der Waals surface area contributed by atoms with Crippen LogP contribution in [0.4, 0.5) is 17.6 Å². The maximum Gasteiger partial charge on any atom is 0.434 e. The van der Waals surface area contributed by atoms with Gasteiger partial charge in [0.15, 0.2) is 11.5 Å². The summed E-state index contributed by atoms with van der Waals surface area (Å²) in [4.78, 5) is 15.1. The first-order chi connectivity index (χ1) is 10.3. The first-order valence-corrected chi connectivity index (χ1v) is 6.81. The zero-order valence-corrected chi connectivity index (χ0v) is 11.7. The van der Waals surface area contributed by atoms with Crippen LogP contribution in [0.3, 0.4) is 0 Å². The summed E-state index contributed by atoms with van der Waals surface area (Å²) in [6.45, 7) is 1.88. The highest BCUT2D eigenvalue weighted by Gasteiger charge is 2.35. The Morgan fingerprint density at radius 3 is 2.59 bits per heavy atom. The molecule has 3 nitrogen and oxygen atoms in total. The van der Waals surface area contributed by atoms with Gasteiger partial charge in [-0.15, -0.1) is 0 Å². The van der Waals surface area contributed by atoms with Gasteiger partial charge < -0.3 is 4.57 Å². The Morgan fingerprint density at radius 2 is 1.95 bits per heavy atom. The van der Waals surface area contributed by atoms with E-state index >= 15 is 0 Å². The Morgan fingerprint density at radius 1 is 1.23 bits per heavy atom. The molecule has 116 valence electrons. The number of benzene rings is 1. The van der Waals surface area contributed by atoms with Crippen LogP contribution in [0.2, 0.25) is 0 Å². The molecule has 0 unspecified atom stereocenters. The van der Waals surface area contributed by atoms with Crippen LogP contribution in [-0.2, 0) is 19.1 Å². The third kappa shape index (κ3) is 2.30. The number of imidazole rings is 1. The molecular formula is C15H12F4N2O. The Bertz CT molecular complexity index is 762. The van der Waals surface area contributed by atoms with Crippen LogP contribution in [0.15, 0.2) is 18.3 Å². The van der Waals surface area contributed by atoms with Gasteiger partial charge in [0.25, 0.3) is 0 Å². The lowest BCUT2D eigenvalue weighted by atomic mass is 10.0. The van der Waals surface area contributed by atoms with Crippen LogP contribution < -0.4 is 0 Å². The number of Topliss-reactive ketones (excluding diaryl/α,β-unsaturated/α-hetero) is 1. The zero-order chi connectivity index (χ0) is 16.1. The number of halogens is 4. The lowest BCUT2D eigenvalue weighted by molar-refractivity contribution is -0.140. The normalized spacial score (nSPS) is 14.5. The number of hydrogen-bond acceptors (Lipinski definition) is 2. The van der Waals surface area contributed by atoms with Crippen molar-refractivity contribution in [3.63, 3.8) is 0 Å². The Balaban J connectivity index is 2.16. The summed E-state index contributed by atoms with van der Waals surface area (Å²) in [5.41, 5.74) is -0.0985. The topological polar surface area (TPSA) is 34.9 Å². The van der Waals surface area contributed by atoms with Crippen molar-refractivity contribution in [1.82, 2.24) is 9.55 Å². The van der Waals surface area contributed by atoms with E-state index in [9.17, 15) is 22.4 Å². The Kier molecular flexibility index (Phi) is 3.30. The zero-order valence-electron chi connectivity index (χ0n) is 11.7. The van der Waals surface area contributed by atoms with Crippen LogP contribution in [0.1, 0.15) is 35.0 Å². The second-order valence-electron chi connectivity index (χ2n) is 5.15. The van der Waals surface area contributed by atoms with Crippen molar-refractivity contribution in [2.75, 3.05) is 0 Å². The van der Waals surface area contributed by atoms with E-state index in [0.29, 0.717) is 24.0 Å². The van der Waals surface area contributed by atoms with Crippen LogP contribution in [0, 0.1) is 5.82 Å². The van der Waals surface area contributed by atoms with E-state index in [1.54, 1.807) is 6.92 Å². The van der Waals surface area contributed by atoms with E-state index in [4.69, 9.17) is 0 Å². The summed E-state index contributed by atoms with van der Waals surface area (Å²) in [6, 6.07) is 2.53. The smallest absolute Gasteiger partial charge is 0.331 e. The number of carbonyl (C=O) groups excluding carboxylic acids is 1. The van der Waals surface area contributed by atoms with Crippen LogP contribution in [-0.4, -0.2) is 15.3 Å². The van der Waals surface area contributed by atoms with Gasteiger partial charge in [0.05, 0.1) is 5.56 Å².